The summed E-state index contributed by atoms with van der Waals surface area (Å²) >= 11 is 1.53. The van der Waals surface area contributed by atoms with Crippen LogP contribution >= 0.6 is 11.3 Å². The molecule has 0 atom stereocenters. The highest BCUT2D eigenvalue weighted by Crippen LogP contribution is 2.39. The summed E-state index contributed by atoms with van der Waals surface area (Å²) in [5.41, 5.74) is 1.32. The maximum absolute atomic E-state index is 14.9. The van der Waals surface area contributed by atoms with Crippen LogP contribution in [0.4, 0.5) is 30.7 Å². The van der Waals surface area contributed by atoms with E-state index in [1.54, 1.807) is 25.3 Å². The summed E-state index contributed by atoms with van der Waals surface area (Å²) < 4.78 is 110. The number of halogens is 7. The number of nitrogens with zero attached hydrogens (tertiary/aromatic N) is 1. The molecule has 0 saturated heterocycles. The molecule has 43 heavy (non-hydrogen) atoms. The highest BCUT2D eigenvalue weighted by Gasteiger charge is 2.41. The van der Waals surface area contributed by atoms with Gasteiger partial charge in [0.1, 0.15) is 28.0 Å². The number of thiazole rings is 1. The van der Waals surface area contributed by atoms with Gasteiger partial charge in [0, 0.05) is 24.8 Å². The zero-order valence-electron chi connectivity index (χ0n) is 22.0. The topological polar surface area (TPSA) is 31.4 Å². The van der Waals surface area contributed by atoms with Crippen LogP contribution in [0.15, 0.2) is 78.9 Å². The Bertz CT molecular complexity index is 1980. The van der Waals surface area contributed by atoms with Crippen LogP contribution in [0.3, 0.4) is 0 Å². The highest BCUT2D eigenvalue weighted by atomic mass is 32.1. The van der Waals surface area contributed by atoms with Gasteiger partial charge in [-0.1, -0.05) is 30.3 Å². The average Bonchev–Trinajstić information content (AvgIpc) is 3.38. The van der Waals surface area contributed by atoms with Crippen molar-refractivity contribution in [1.29, 1.82) is 0 Å². The van der Waals surface area contributed by atoms with Crippen LogP contribution in [0, 0.1) is 29.1 Å². The molecule has 0 radical (unpaired) electrons. The van der Waals surface area contributed by atoms with Crippen molar-refractivity contribution in [2.24, 2.45) is 0 Å². The Hall–Kier alpha value is -4.48. The largest absolute Gasteiger partial charge is 0.432 e. The molecule has 0 N–H and O–H groups in total. The van der Waals surface area contributed by atoms with Crippen molar-refractivity contribution >= 4 is 32.3 Å². The van der Waals surface area contributed by atoms with E-state index in [-0.39, 0.29) is 17.7 Å². The molecular weight excluding hydrogens is 595 g/mol. The standard InChI is InChI=1S/C32H18F7NO2S/c1-41-15-16-2-7-27-28(8-16)43-31(40-27)20-6-5-17-9-19(4-3-18(17)10-20)21-11-23(33)29(24(34)12-21)32(38,39)42-22-13-25(35)30(37)26(36)14-22/h2-14H,15H2,1H3. The zero-order chi connectivity index (χ0) is 30.5. The number of aromatic nitrogens is 1. The summed E-state index contributed by atoms with van der Waals surface area (Å²) in [7, 11) is 1.63. The number of ether oxygens (including phenoxy) is 2. The molecule has 0 bridgehead atoms. The second-order valence-corrected chi connectivity index (χ2v) is 10.7. The van der Waals surface area contributed by atoms with E-state index in [4.69, 9.17) is 9.72 Å². The number of hydrogen-bond donors (Lipinski definition) is 0. The van der Waals surface area contributed by atoms with Gasteiger partial charge in [0.2, 0.25) is 0 Å². The van der Waals surface area contributed by atoms with Crippen LogP contribution in [0.5, 0.6) is 5.75 Å². The van der Waals surface area contributed by atoms with Crippen molar-refractivity contribution < 1.29 is 40.2 Å². The molecular formula is C32H18F7NO2S. The van der Waals surface area contributed by atoms with E-state index < -0.39 is 46.5 Å². The molecule has 0 unspecified atom stereocenters. The molecule has 0 saturated carbocycles. The lowest BCUT2D eigenvalue weighted by Crippen LogP contribution is -2.25. The van der Waals surface area contributed by atoms with Gasteiger partial charge in [-0.3, -0.25) is 0 Å². The minimum atomic E-state index is -4.67. The van der Waals surface area contributed by atoms with Gasteiger partial charge in [0.25, 0.3) is 0 Å². The molecule has 3 nitrogen and oxygen atoms in total. The third-order valence-electron chi connectivity index (χ3n) is 6.72. The molecule has 0 aliphatic carbocycles. The lowest BCUT2D eigenvalue weighted by atomic mass is 9.98. The molecule has 6 rings (SSSR count). The fourth-order valence-electron chi connectivity index (χ4n) is 4.72. The van der Waals surface area contributed by atoms with E-state index >= 15 is 0 Å². The highest BCUT2D eigenvalue weighted by molar-refractivity contribution is 7.21. The second kappa shape index (κ2) is 11.0. The van der Waals surface area contributed by atoms with E-state index in [0.29, 0.717) is 24.3 Å². The number of hydrogen-bond acceptors (Lipinski definition) is 4. The molecule has 0 aliphatic rings. The first-order chi connectivity index (χ1) is 20.5. The SMILES string of the molecule is COCc1ccc2nc(-c3ccc4cc(-c5cc(F)c(C(F)(F)Oc6cc(F)c(F)c(F)c6)c(F)c5)ccc4c3)sc2c1. The molecule has 11 heteroatoms. The number of fused-ring (bicyclic) bond motifs is 2. The zero-order valence-corrected chi connectivity index (χ0v) is 22.8. The predicted octanol–water partition coefficient (Wildman–Crippen LogP) is 9.75. The van der Waals surface area contributed by atoms with Crippen molar-refractivity contribution in [3.63, 3.8) is 0 Å². The third kappa shape index (κ3) is 5.53. The molecule has 1 aromatic heterocycles. The first-order valence-electron chi connectivity index (χ1n) is 12.7. The predicted molar refractivity (Wildman–Crippen MR) is 149 cm³/mol. The maximum Gasteiger partial charge on any atom is 0.432 e. The lowest BCUT2D eigenvalue weighted by molar-refractivity contribution is -0.189. The van der Waals surface area contributed by atoms with Gasteiger partial charge < -0.3 is 9.47 Å². The molecule has 0 amide bonds. The number of rotatable bonds is 7. The van der Waals surface area contributed by atoms with Gasteiger partial charge in [0.05, 0.1) is 16.8 Å². The molecule has 0 fully saturated rings. The van der Waals surface area contributed by atoms with E-state index in [1.807, 2.05) is 36.4 Å². The van der Waals surface area contributed by atoms with Crippen molar-refractivity contribution in [3.8, 4) is 27.4 Å². The summed E-state index contributed by atoms with van der Waals surface area (Å²) in [6.45, 7) is 0.493. The Morgan fingerprint density at radius 3 is 1.98 bits per heavy atom. The minimum Gasteiger partial charge on any atom is -0.429 e. The fourth-order valence-corrected chi connectivity index (χ4v) is 5.74. The van der Waals surface area contributed by atoms with Crippen LogP contribution in [0.1, 0.15) is 11.1 Å². The second-order valence-electron chi connectivity index (χ2n) is 9.67. The summed E-state index contributed by atoms with van der Waals surface area (Å²) in [5.74, 6) is -9.97. The van der Waals surface area contributed by atoms with Crippen LogP contribution in [-0.2, 0) is 17.5 Å². The number of methoxy groups -OCH3 is 1. The number of alkyl halides is 2. The van der Waals surface area contributed by atoms with Crippen LogP contribution in [-0.4, -0.2) is 12.1 Å². The van der Waals surface area contributed by atoms with Crippen LogP contribution < -0.4 is 4.74 Å². The molecule has 6 aromatic rings. The molecule has 0 spiro atoms. The number of benzene rings is 5. The molecule has 1 heterocycles. The first kappa shape index (κ1) is 28.6. The van der Waals surface area contributed by atoms with Crippen molar-refractivity contribution in [2.45, 2.75) is 12.7 Å². The van der Waals surface area contributed by atoms with Gasteiger partial charge in [0.15, 0.2) is 17.5 Å². The Kier molecular flexibility index (Phi) is 7.31. The van der Waals surface area contributed by atoms with Crippen molar-refractivity contribution in [3.05, 3.63) is 119 Å². The van der Waals surface area contributed by atoms with Crippen molar-refractivity contribution in [2.75, 3.05) is 7.11 Å². The fraction of sp³-hybridized carbons (Fsp3) is 0.0938. The normalized spacial score (nSPS) is 11.9. The Morgan fingerprint density at radius 1 is 0.698 bits per heavy atom. The Labute approximate surface area is 243 Å². The molecule has 0 aliphatic heterocycles. The van der Waals surface area contributed by atoms with E-state index in [1.165, 1.54) is 11.3 Å². The van der Waals surface area contributed by atoms with Gasteiger partial charge in [-0.05, 0) is 63.9 Å². The summed E-state index contributed by atoms with van der Waals surface area (Å²) in [6, 6.07) is 18.2. The summed E-state index contributed by atoms with van der Waals surface area (Å²) in [6.07, 6.45) is -4.67. The first-order valence-corrected chi connectivity index (χ1v) is 13.5. The van der Waals surface area contributed by atoms with E-state index in [2.05, 4.69) is 4.74 Å². The van der Waals surface area contributed by atoms with Crippen LogP contribution in [0.2, 0.25) is 0 Å². The summed E-state index contributed by atoms with van der Waals surface area (Å²) in [4.78, 5) is 4.71. The molecule has 218 valence electrons. The minimum absolute atomic E-state index is 0.0302. The quantitative estimate of drug-likeness (QED) is 0.133. The maximum atomic E-state index is 14.9. The Morgan fingerprint density at radius 2 is 1.33 bits per heavy atom. The van der Waals surface area contributed by atoms with Gasteiger partial charge in [-0.2, -0.15) is 8.78 Å². The van der Waals surface area contributed by atoms with Crippen molar-refractivity contribution in [1.82, 2.24) is 4.98 Å². The monoisotopic (exact) mass is 613 g/mol. The average molecular weight is 614 g/mol. The van der Waals surface area contributed by atoms with Crippen LogP contribution in [0.25, 0.3) is 42.7 Å². The van der Waals surface area contributed by atoms with E-state index in [0.717, 1.165) is 37.1 Å². The Balaban J connectivity index is 1.29. The summed E-state index contributed by atoms with van der Waals surface area (Å²) in [5, 5.41) is 2.35. The van der Waals surface area contributed by atoms with Gasteiger partial charge >= 0.3 is 6.11 Å². The lowest BCUT2D eigenvalue weighted by Gasteiger charge is -2.20. The smallest absolute Gasteiger partial charge is 0.429 e. The van der Waals surface area contributed by atoms with Gasteiger partial charge in [-0.25, -0.2) is 26.9 Å². The molecule has 5 aromatic carbocycles. The third-order valence-corrected chi connectivity index (χ3v) is 7.79. The van der Waals surface area contributed by atoms with Gasteiger partial charge in [-0.15, -0.1) is 11.3 Å². The van der Waals surface area contributed by atoms with E-state index in [9.17, 15) is 30.7 Å².